The summed E-state index contributed by atoms with van der Waals surface area (Å²) >= 11 is 0. The number of hydrogen-bond acceptors (Lipinski definition) is 4. The number of aromatic nitrogens is 1. The SMILES string of the molecule is Cc1noc(C)c1CCC(=O)NCC(C)(O)c1ccc(F)cc1. The topological polar surface area (TPSA) is 75.4 Å². The monoisotopic (exact) mass is 320 g/mol. The van der Waals surface area contributed by atoms with Crippen LogP contribution in [0.1, 0.15) is 35.9 Å². The van der Waals surface area contributed by atoms with Crippen LogP contribution >= 0.6 is 0 Å². The molecule has 0 fully saturated rings. The second-order valence-electron chi connectivity index (χ2n) is 5.86. The summed E-state index contributed by atoms with van der Waals surface area (Å²) in [6, 6.07) is 5.57. The third-order valence-electron chi connectivity index (χ3n) is 3.88. The fraction of sp³-hybridized carbons (Fsp3) is 0.412. The van der Waals surface area contributed by atoms with Gasteiger partial charge < -0.3 is 14.9 Å². The molecule has 0 aliphatic carbocycles. The van der Waals surface area contributed by atoms with E-state index in [1.165, 1.54) is 24.3 Å². The molecule has 0 aliphatic heterocycles. The number of nitrogens with zero attached hydrogens (tertiary/aromatic N) is 1. The van der Waals surface area contributed by atoms with Gasteiger partial charge in [-0.3, -0.25) is 4.79 Å². The minimum absolute atomic E-state index is 0.0546. The molecule has 0 radical (unpaired) electrons. The third kappa shape index (κ3) is 4.39. The predicted molar refractivity (Wildman–Crippen MR) is 83.3 cm³/mol. The summed E-state index contributed by atoms with van der Waals surface area (Å²) in [6.07, 6.45) is 0.814. The van der Waals surface area contributed by atoms with E-state index in [1.807, 2.05) is 13.8 Å². The number of carbonyl (C=O) groups is 1. The Labute approximate surface area is 134 Å². The van der Waals surface area contributed by atoms with E-state index in [1.54, 1.807) is 6.92 Å². The smallest absolute Gasteiger partial charge is 0.220 e. The predicted octanol–water partition coefficient (Wildman–Crippen LogP) is 2.39. The summed E-state index contributed by atoms with van der Waals surface area (Å²) in [6.45, 7) is 5.28. The molecule has 0 bridgehead atoms. The van der Waals surface area contributed by atoms with Crippen LogP contribution in [0.4, 0.5) is 4.39 Å². The number of nitrogens with one attached hydrogen (secondary N) is 1. The molecular weight excluding hydrogens is 299 g/mol. The highest BCUT2D eigenvalue weighted by Gasteiger charge is 2.24. The summed E-state index contributed by atoms with van der Waals surface area (Å²) in [5.41, 5.74) is 1.01. The lowest BCUT2D eigenvalue weighted by Crippen LogP contribution is -2.38. The molecule has 0 aliphatic rings. The van der Waals surface area contributed by atoms with E-state index >= 15 is 0 Å². The van der Waals surface area contributed by atoms with Crippen molar-refractivity contribution in [2.24, 2.45) is 0 Å². The first kappa shape index (κ1) is 17.1. The Kier molecular flexibility index (Phi) is 5.15. The first-order chi connectivity index (χ1) is 10.8. The van der Waals surface area contributed by atoms with Crippen LogP contribution < -0.4 is 5.32 Å². The maximum atomic E-state index is 12.9. The van der Waals surface area contributed by atoms with Crippen molar-refractivity contribution in [3.63, 3.8) is 0 Å². The van der Waals surface area contributed by atoms with Gasteiger partial charge >= 0.3 is 0 Å². The van der Waals surface area contributed by atoms with Crippen molar-refractivity contribution in [1.82, 2.24) is 10.5 Å². The summed E-state index contributed by atoms with van der Waals surface area (Å²) in [5, 5.41) is 17.0. The van der Waals surface area contributed by atoms with E-state index in [4.69, 9.17) is 4.52 Å². The Balaban J connectivity index is 1.87. The van der Waals surface area contributed by atoms with Crippen molar-refractivity contribution in [1.29, 1.82) is 0 Å². The minimum atomic E-state index is -1.26. The maximum absolute atomic E-state index is 12.9. The summed E-state index contributed by atoms with van der Waals surface area (Å²) in [4.78, 5) is 12.0. The lowest BCUT2D eigenvalue weighted by molar-refractivity contribution is -0.122. The van der Waals surface area contributed by atoms with Gasteiger partial charge in [-0.2, -0.15) is 0 Å². The van der Waals surface area contributed by atoms with Gasteiger partial charge in [0.05, 0.1) is 12.2 Å². The fourth-order valence-corrected chi connectivity index (χ4v) is 2.37. The molecular formula is C17H21FN2O3. The molecule has 1 aromatic heterocycles. The average Bonchev–Trinajstić information content (AvgIpc) is 2.82. The number of amides is 1. The highest BCUT2D eigenvalue weighted by molar-refractivity contribution is 5.76. The molecule has 0 saturated heterocycles. The molecule has 0 saturated carbocycles. The van der Waals surface area contributed by atoms with Crippen molar-refractivity contribution in [2.45, 2.75) is 39.2 Å². The van der Waals surface area contributed by atoms with Crippen LogP contribution in [0.25, 0.3) is 0 Å². The van der Waals surface area contributed by atoms with Crippen molar-refractivity contribution in [2.75, 3.05) is 6.54 Å². The van der Waals surface area contributed by atoms with Gasteiger partial charge in [0.15, 0.2) is 0 Å². The molecule has 6 heteroatoms. The Morgan fingerprint density at radius 3 is 2.57 bits per heavy atom. The van der Waals surface area contributed by atoms with Gasteiger partial charge in [-0.15, -0.1) is 0 Å². The van der Waals surface area contributed by atoms with E-state index in [2.05, 4.69) is 10.5 Å². The Morgan fingerprint density at radius 2 is 2.00 bits per heavy atom. The van der Waals surface area contributed by atoms with E-state index < -0.39 is 5.60 Å². The van der Waals surface area contributed by atoms with E-state index in [0.717, 1.165) is 11.3 Å². The standard InChI is InChI=1S/C17H21FN2O3/c1-11-15(12(2)23-20-11)8-9-16(21)19-10-17(3,22)13-4-6-14(18)7-5-13/h4-7,22H,8-10H2,1-3H3,(H,19,21). The summed E-state index contributed by atoms with van der Waals surface area (Å²) in [5.74, 6) is 0.175. The molecule has 1 aromatic carbocycles. The number of hydrogen-bond donors (Lipinski definition) is 2. The largest absolute Gasteiger partial charge is 0.384 e. The zero-order valence-electron chi connectivity index (χ0n) is 13.5. The number of benzene rings is 1. The van der Waals surface area contributed by atoms with Gasteiger partial charge in [0.25, 0.3) is 0 Å². The number of aryl methyl sites for hydroxylation is 2. The van der Waals surface area contributed by atoms with Crippen LogP contribution in [0, 0.1) is 19.7 Å². The Morgan fingerprint density at radius 1 is 1.35 bits per heavy atom. The zero-order valence-corrected chi connectivity index (χ0v) is 13.5. The van der Waals surface area contributed by atoms with Gasteiger partial charge in [-0.1, -0.05) is 17.3 Å². The van der Waals surface area contributed by atoms with Crippen LogP contribution in [0.15, 0.2) is 28.8 Å². The molecule has 1 amide bonds. The quantitative estimate of drug-likeness (QED) is 0.857. The molecule has 2 N–H and O–H groups in total. The Hall–Kier alpha value is -2.21. The van der Waals surface area contributed by atoms with Gasteiger partial charge in [-0.05, 0) is 44.9 Å². The van der Waals surface area contributed by atoms with Crippen molar-refractivity contribution < 1.29 is 18.8 Å². The molecule has 0 spiro atoms. The van der Waals surface area contributed by atoms with Crippen LogP contribution in [-0.4, -0.2) is 22.7 Å². The number of rotatable bonds is 6. The second-order valence-corrected chi connectivity index (χ2v) is 5.86. The first-order valence-corrected chi connectivity index (χ1v) is 7.46. The molecule has 2 rings (SSSR count). The highest BCUT2D eigenvalue weighted by atomic mass is 19.1. The van der Waals surface area contributed by atoms with Crippen molar-refractivity contribution in [3.8, 4) is 0 Å². The van der Waals surface area contributed by atoms with Crippen LogP contribution in [0.2, 0.25) is 0 Å². The van der Waals surface area contributed by atoms with Crippen LogP contribution in [0.3, 0.4) is 0 Å². The van der Waals surface area contributed by atoms with Gasteiger partial charge in [-0.25, -0.2) is 4.39 Å². The Bertz CT molecular complexity index is 658. The molecule has 1 heterocycles. The zero-order chi connectivity index (χ0) is 17.0. The molecule has 1 atom stereocenters. The van der Waals surface area contributed by atoms with E-state index in [9.17, 15) is 14.3 Å². The number of halogens is 1. The number of aliphatic hydroxyl groups is 1. The van der Waals surface area contributed by atoms with Gasteiger partial charge in [0.2, 0.25) is 5.91 Å². The fourth-order valence-electron chi connectivity index (χ4n) is 2.37. The molecule has 1 unspecified atom stereocenters. The molecule has 124 valence electrons. The number of carbonyl (C=O) groups excluding carboxylic acids is 1. The van der Waals surface area contributed by atoms with Gasteiger partial charge in [0.1, 0.15) is 17.2 Å². The average molecular weight is 320 g/mol. The van der Waals surface area contributed by atoms with Crippen LogP contribution in [0.5, 0.6) is 0 Å². The van der Waals surface area contributed by atoms with E-state index in [0.29, 0.717) is 17.7 Å². The normalized spacial score (nSPS) is 13.6. The van der Waals surface area contributed by atoms with E-state index in [-0.39, 0.29) is 24.7 Å². The lowest BCUT2D eigenvalue weighted by Gasteiger charge is -2.24. The molecule has 5 nitrogen and oxygen atoms in total. The summed E-state index contributed by atoms with van der Waals surface area (Å²) in [7, 11) is 0. The van der Waals surface area contributed by atoms with Crippen molar-refractivity contribution >= 4 is 5.91 Å². The minimum Gasteiger partial charge on any atom is -0.384 e. The summed E-state index contributed by atoms with van der Waals surface area (Å²) < 4.78 is 18.0. The third-order valence-corrected chi connectivity index (χ3v) is 3.88. The second kappa shape index (κ2) is 6.91. The van der Waals surface area contributed by atoms with Gasteiger partial charge in [0, 0.05) is 12.0 Å². The maximum Gasteiger partial charge on any atom is 0.220 e. The highest BCUT2D eigenvalue weighted by Crippen LogP contribution is 2.20. The molecule has 23 heavy (non-hydrogen) atoms. The first-order valence-electron chi connectivity index (χ1n) is 7.46. The lowest BCUT2D eigenvalue weighted by atomic mass is 9.96. The van der Waals surface area contributed by atoms with Crippen molar-refractivity contribution in [3.05, 3.63) is 52.7 Å². The molecule has 2 aromatic rings. The van der Waals surface area contributed by atoms with Crippen LogP contribution in [-0.2, 0) is 16.8 Å².